The fraction of sp³-hybridized carbons (Fsp3) is 0.364. The number of benzene rings is 1. The molecule has 0 spiro atoms. The predicted molar refractivity (Wildman–Crippen MR) is 62.6 cm³/mol. The molecule has 1 rings (SSSR count). The number of hydrogen-bond donors (Lipinski definition) is 1. The molecule has 1 aromatic carbocycles. The van der Waals surface area contributed by atoms with Crippen LogP contribution >= 0.6 is 11.8 Å². The lowest BCUT2D eigenvalue weighted by atomic mass is 10.1. The Labute approximate surface area is 89.3 Å². The summed E-state index contributed by atoms with van der Waals surface area (Å²) in [4.78, 5) is 0. The van der Waals surface area contributed by atoms with Crippen LogP contribution in [0.15, 0.2) is 24.3 Å². The van der Waals surface area contributed by atoms with Gasteiger partial charge in [-0.25, -0.2) is 0 Å². The number of nitriles is 1. The lowest BCUT2D eigenvalue weighted by Gasteiger charge is -2.05. The lowest BCUT2D eigenvalue weighted by Crippen LogP contribution is -2.03. The van der Waals surface area contributed by atoms with E-state index < -0.39 is 0 Å². The fourth-order valence-electron chi connectivity index (χ4n) is 1.13. The Bertz CT molecular complexity index is 300. The topological polar surface area (TPSA) is 35.8 Å². The van der Waals surface area contributed by atoms with Gasteiger partial charge in [0, 0.05) is 18.0 Å². The Kier molecular flexibility index (Phi) is 4.95. The molecule has 0 atom stereocenters. The molecular weight excluding hydrogens is 192 g/mol. The zero-order chi connectivity index (χ0) is 10.2. The van der Waals surface area contributed by atoms with Crippen molar-refractivity contribution in [3.05, 3.63) is 29.8 Å². The second-order valence-electron chi connectivity index (χ2n) is 2.95. The molecule has 0 saturated carbocycles. The van der Waals surface area contributed by atoms with Gasteiger partial charge in [-0.05, 0) is 24.0 Å². The van der Waals surface area contributed by atoms with E-state index in [1.807, 2.05) is 36.0 Å². The third kappa shape index (κ3) is 3.71. The van der Waals surface area contributed by atoms with E-state index in [-0.39, 0.29) is 0 Å². The molecule has 0 radical (unpaired) electrons. The molecule has 0 aromatic heterocycles. The quantitative estimate of drug-likeness (QED) is 0.752. The Morgan fingerprint density at radius 1 is 1.36 bits per heavy atom. The molecule has 0 aliphatic heterocycles. The number of nitrogens with zero attached hydrogens (tertiary/aromatic N) is 1. The van der Waals surface area contributed by atoms with E-state index in [2.05, 4.69) is 17.6 Å². The van der Waals surface area contributed by atoms with Gasteiger partial charge in [-0.15, -0.1) is 0 Å². The van der Waals surface area contributed by atoms with Crippen molar-refractivity contribution in [2.75, 3.05) is 23.9 Å². The number of hydrogen-bond acceptors (Lipinski definition) is 3. The minimum Gasteiger partial charge on any atom is -0.384 e. The highest BCUT2D eigenvalue weighted by Crippen LogP contribution is 2.09. The average Bonchev–Trinajstić information content (AvgIpc) is 2.21. The number of nitrogens with one attached hydrogen (secondary N) is 1. The van der Waals surface area contributed by atoms with Gasteiger partial charge in [0.2, 0.25) is 0 Å². The number of thioether (sulfide) groups is 1. The van der Waals surface area contributed by atoms with Crippen LogP contribution in [0, 0.1) is 11.3 Å². The fourth-order valence-corrected chi connectivity index (χ4v) is 1.44. The minimum absolute atomic E-state index is 0.491. The van der Waals surface area contributed by atoms with Crippen LogP contribution in [-0.4, -0.2) is 18.6 Å². The van der Waals surface area contributed by atoms with Crippen molar-refractivity contribution in [3.8, 4) is 6.07 Å². The molecule has 0 unspecified atom stereocenters. The first-order chi connectivity index (χ1) is 6.86. The first-order valence-electron chi connectivity index (χ1n) is 4.55. The summed E-state index contributed by atoms with van der Waals surface area (Å²) < 4.78 is 0. The molecule has 0 aliphatic rings. The lowest BCUT2D eigenvalue weighted by molar-refractivity contribution is 1.22. The maximum atomic E-state index is 8.49. The average molecular weight is 206 g/mol. The van der Waals surface area contributed by atoms with E-state index in [9.17, 15) is 0 Å². The van der Waals surface area contributed by atoms with E-state index in [0.29, 0.717) is 6.42 Å². The number of rotatable bonds is 5. The van der Waals surface area contributed by atoms with Crippen LogP contribution in [-0.2, 0) is 6.42 Å². The zero-order valence-electron chi connectivity index (χ0n) is 8.29. The highest BCUT2D eigenvalue weighted by Gasteiger charge is 1.93. The first-order valence-corrected chi connectivity index (χ1v) is 5.95. The molecule has 1 aromatic rings. The standard InChI is InChI=1S/C11H14N2S/c1-14-9-8-13-11-4-2-10(3-5-11)6-7-12/h2-5,13H,6,8-9H2,1H3. The van der Waals surface area contributed by atoms with E-state index in [1.54, 1.807) is 0 Å². The monoisotopic (exact) mass is 206 g/mol. The molecule has 14 heavy (non-hydrogen) atoms. The van der Waals surface area contributed by atoms with Gasteiger partial charge in [-0.2, -0.15) is 17.0 Å². The van der Waals surface area contributed by atoms with Crippen molar-refractivity contribution in [1.82, 2.24) is 0 Å². The summed E-state index contributed by atoms with van der Waals surface area (Å²) in [6.45, 7) is 0.985. The maximum absolute atomic E-state index is 8.49. The zero-order valence-corrected chi connectivity index (χ0v) is 9.10. The van der Waals surface area contributed by atoms with Gasteiger partial charge in [0.25, 0.3) is 0 Å². The van der Waals surface area contributed by atoms with Crippen molar-refractivity contribution < 1.29 is 0 Å². The summed E-state index contributed by atoms with van der Waals surface area (Å²) in [6, 6.07) is 10.2. The van der Waals surface area contributed by atoms with Gasteiger partial charge in [0.15, 0.2) is 0 Å². The Balaban J connectivity index is 2.43. The predicted octanol–water partition coefficient (Wildman–Crippen LogP) is 2.53. The molecule has 3 heteroatoms. The van der Waals surface area contributed by atoms with E-state index in [1.165, 1.54) is 0 Å². The second kappa shape index (κ2) is 6.33. The number of anilines is 1. The van der Waals surface area contributed by atoms with Gasteiger partial charge in [0.1, 0.15) is 0 Å². The molecule has 74 valence electrons. The summed E-state index contributed by atoms with van der Waals surface area (Å²) in [5, 5.41) is 11.8. The highest BCUT2D eigenvalue weighted by atomic mass is 32.2. The molecule has 0 amide bonds. The van der Waals surface area contributed by atoms with Gasteiger partial charge >= 0.3 is 0 Å². The Morgan fingerprint density at radius 2 is 2.07 bits per heavy atom. The maximum Gasteiger partial charge on any atom is 0.0669 e. The van der Waals surface area contributed by atoms with E-state index in [0.717, 1.165) is 23.5 Å². The van der Waals surface area contributed by atoms with Crippen LogP contribution in [0.3, 0.4) is 0 Å². The van der Waals surface area contributed by atoms with Gasteiger partial charge < -0.3 is 5.32 Å². The van der Waals surface area contributed by atoms with Crippen molar-refractivity contribution in [3.63, 3.8) is 0 Å². The SMILES string of the molecule is CSCCNc1ccc(CC#N)cc1. The van der Waals surface area contributed by atoms with Crippen molar-refractivity contribution >= 4 is 17.4 Å². The molecule has 0 saturated heterocycles. The smallest absolute Gasteiger partial charge is 0.0669 e. The van der Waals surface area contributed by atoms with E-state index >= 15 is 0 Å². The summed E-state index contributed by atoms with van der Waals surface area (Å²) in [7, 11) is 0. The molecule has 0 bridgehead atoms. The van der Waals surface area contributed by atoms with Gasteiger partial charge in [-0.1, -0.05) is 12.1 Å². The van der Waals surface area contributed by atoms with E-state index in [4.69, 9.17) is 5.26 Å². The van der Waals surface area contributed by atoms with Crippen LogP contribution in [0.1, 0.15) is 5.56 Å². The third-order valence-corrected chi connectivity index (χ3v) is 2.48. The molecule has 0 aliphatic carbocycles. The highest BCUT2D eigenvalue weighted by molar-refractivity contribution is 7.98. The summed E-state index contributed by atoms with van der Waals surface area (Å²) in [5.41, 5.74) is 2.20. The third-order valence-electron chi connectivity index (χ3n) is 1.87. The van der Waals surface area contributed by atoms with Crippen molar-refractivity contribution in [1.29, 1.82) is 5.26 Å². The van der Waals surface area contributed by atoms with Gasteiger partial charge in [0.05, 0.1) is 12.5 Å². The largest absolute Gasteiger partial charge is 0.384 e. The van der Waals surface area contributed by atoms with Crippen LogP contribution < -0.4 is 5.32 Å². The van der Waals surface area contributed by atoms with Crippen molar-refractivity contribution in [2.45, 2.75) is 6.42 Å². The summed E-state index contributed by atoms with van der Waals surface area (Å²) in [6.07, 6.45) is 2.59. The Hall–Kier alpha value is -1.14. The summed E-state index contributed by atoms with van der Waals surface area (Å²) in [5.74, 6) is 1.11. The molecular formula is C11H14N2S. The molecule has 0 fully saturated rings. The first kappa shape index (κ1) is 10.9. The van der Waals surface area contributed by atoms with Crippen LogP contribution in [0.2, 0.25) is 0 Å². The summed E-state index contributed by atoms with van der Waals surface area (Å²) >= 11 is 1.83. The van der Waals surface area contributed by atoms with Crippen molar-refractivity contribution in [2.24, 2.45) is 0 Å². The molecule has 2 nitrogen and oxygen atoms in total. The normalized spacial score (nSPS) is 9.43. The van der Waals surface area contributed by atoms with Crippen LogP contribution in [0.5, 0.6) is 0 Å². The van der Waals surface area contributed by atoms with Crippen LogP contribution in [0.4, 0.5) is 5.69 Å². The minimum atomic E-state index is 0.491. The Morgan fingerprint density at radius 3 is 2.64 bits per heavy atom. The van der Waals surface area contributed by atoms with Gasteiger partial charge in [-0.3, -0.25) is 0 Å². The van der Waals surface area contributed by atoms with Crippen LogP contribution in [0.25, 0.3) is 0 Å². The second-order valence-corrected chi connectivity index (χ2v) is 3.94. The molecule has 0 heterocycles. The molecule has 1 N–H and O–H groups in total.